The number of hydrogen-bond donors (Lipinski definition) is 0. The van der Waals surface area contributed by atoms with Gasteiger partial charge in [0.05, 0.1) is 5.43 Å². The van der Waals surface area contributed by atoms with Crippen molar-refractivity contribution >= 4 is 16.3 Å². The standard InChI is InChI=1S/C21H21NO.Ir/c1-13-6-7-15-14(10-13)8-9-22-16(15)11-17(23)18-19(22)21(4,5)12-20(18,2)3;/h6,8-10H,12H2,1-5H3;/q-2;. The molecule has 4 rings (SSSR count). The Morgan fingerprint density at radius 1 is 1.17 bits per heavy atom. The van der Waals surface area contributed by atoms with Gasteiger partial charge in [-0.15, -0.1) is 17.1 Å². The fraction of sp³-hybridized carbons (Fsp3) is 0.381. The molecule has 0 bridgehead atoms. The first kappa shape index (κ1) is 17.4. The molecule has 0 fully saturated rings. The topological polar surface area (TPSA) is 21.5 Å². The summed E-state index contributed by atoms with van der Waals surface area (Å²) in [6, 6.07) is 12.7. The van der Waals surface area contributed by atoms with Gasteiger partial charge < -0.3 is 9.20 Å². The van der Waals surface area contributed by atoms with Crippen molar-refractivity contribution in [3.8, 4) is 0 Å². The van der Waals surface area contributed by atoms with Gasteiger partial charge in [-0.05, 0) is 29.1 Å². The maximum absolute atomic E-state index is 12.9. The smallest absolute Gasteiger partial charge is 0.0661 e. The van der Waals surface area contributed by atoms with Crippen LogP contribution in [0.1, 0.15) is 50.9 Å². The molecule has 3 heteroatoms. The minimum Gasteiger partial charge on any atom is -0.395 e. The predicted molar refractivity (Wildman–Crippen MR) is 94.3 cm³/mol. The zero-order valence-electron chi connectivity index (χ0n) is 14.7. The van der Waals surface area contributed by atoms with Gasteiger partial charge in [0.1, 0.15) is 0 Å². The van der Waals surface area contributed by atoms with Gasteiger partial charge >= 0.3 is 0 Å². The summed E-state index contributed by atoms with van der Waals surface area (Å²) in [7, 11) is 0. The Morgan fingerprint density at radius 3 is 2.58 bits per heavy atom. The Morgan fingerprint density at radius 2 is 1.88 bits per heavy atom. The van der Waals surface area contributed by atoms with E-state index in [0.717, 1.165) is 34.0 Å². The van der Waals surface area contributed by atoms with Crippen LogP contribution in [0.5, 0.6) is 0 Å². The zero-order valence-corrected chi connectivity index (χ0v) is 17.1. The first-order valence-corrected chi connectivity index (χ1v) is 8.14. The molecule has 0 amide bonds. The summed E-state index contributed by atoms with van der Waals surface area (Å²) in [5.74, 6) is 0. The summed E-state index contributed by atoms with van der Waals surface area (Å²) in [5.41, 5.74) is 3.97. The van der Waals surface area contributed by atoms with E-state index in [0.29, 0.717) is 0 Å². The molecule has 0 N–H and O–H groups in total. The van der Waals surface area contributed by atoms with E-state index in [1.807, 2.05) is 6.07 Å². The van der Waals surface area contributed by atoms with Crippen molar-refractivity contribution in [1.82, 2.24) is 4.40 Å². The van der Waals surface area contributed by atoms with Crippen molar-refractivity contribution in [1.29, 1.82) is 0 Å². The van der Waals surface area contributed by atoms with E-state index < -0.39 is 0 Å². The number of rotatable bonds is 0. The van der Waals surface area contributed by atoms with Gasteiger partial charge in [-0.25, -0.2) is 11.5 Å². The quantitative estimate of drug-likeness (QED) is 0.336. The van der Waals surface area contributed by atoms with Crippen molar-refractivity contribution < 1.29 is 20.1 Å². The molecule has 0 spiro atoms. The summed E-state index contributed by atoms with van der Waals surface area (Å²) < 4.78 is 2.17. The number of benzene rings is 1. The van der Waals surface area contributed by atoms with Gasteiger partial charge in [-0.1, -0.05) is 46.2 Å². The first-order chi connectivity index (χ1) is 10.7. The second-order valence-electron chi connectivity index (χ2n) is 8.16. The maximum Gasteiger partial charge on any atom is 0.0661 e. The third-order valence-electron chi connectivity index (χ3n) is 5.14. The molecule has 127 valence electrons. The molecule has 1 aliphatic rings. The van der Waals surface area contributed by atoms with E-state index in [-0.39, 0.29) is 36.4 Å². The molecule has 1 aromatic carbocycles. The molecule has 3 aromatic rings. The van der Waals surface area contributed by atoms with Crippen LogP contribution in [0.15, 0.2) is 29.2 Å². The van der Waals surface area contributed by atoms with E-state index in [1.165, 1.54) is 5.56 Å². The zero-order chi connectivity index (χ0) is 16.6. The van der Waals surface area contributed by atoms with E-state index >= 15 is 0 Å². The predicted octanol–water partition coefficient (Wildman–Crippen LogP) is 4.32. The molecule has 2 nitrogen and oxygen atoms in total. The van der Waals surface area contributed by atoms with Crippen LogP contribution in [0.3, 0.4) is 0 Å². The number of aryl methyl sites for hydroxylation is 1. The fourth-order valence-electron chi connectivity index (χ4n) is 4.59. The van der Waals surface area contributed by atoms with Gasteiger partial charge in [-0.3, -0.25) is 0 Å². The van der Waals surface area contributed by atoms with Gasteiger partial charge in [-0.2, -0.15) is 17.5 Å². The maximum atomic E-state index is 12.9. The summed E-state index contributed by atoms with van der Waals surface area (Å²) >= 11 is 0. The fourth-order valence-corrected chi connectivity index (χ4v) is 4.59. The number of pyridine rings is 2. The third kappa shape index (κ3) is 2.29. The van der Waals surface area contributed by atoms with Gasteiger partial charge in [0, 0.05) is 20.1 Å². The van der Waals surface area contributed by atoms with Gasteiger partial charge in [0.25, 0.3) is 0 Å². The molecule has 0 atom stereocenters. The van der Waals surface area contributed by atoms with Crippen molar-refractivity contribution in [2.24, 2.45) is 0 Å². The molecular weight excluding hydrogens is 474 g/mol. The van der Waals surface area contributed by atoms with E-state index in [9.17, 15) is 4.79 Å². The van der Waals surface area contributed by atoms with Gasteiger partial charge in [0.15, 0.2) is 0 Å². The average molecular weight is 496 g/mol. The average Bonchev–Trinajstić information content (AvgIpc) is 2.64. The van der Waals surface area contributed by atoms with Crippen LogP contribution in [0.2, 0.25) is 0 Å². The normalized spacial score (nSPS) is 17.7. The first-order valence-electron chi connectivity index (χ1n) is 8.14. The number of fused-ring (bicyclic) bond motifs is 5. The molecule has 24 heavy (non-hydrogen) atoms. The number of nitrogens with zero attached hydrogens (tertiary/aromatic N) is 1. The Bertz CT molecular complexity index is 1030. The Balaban J connectivity index is 0.00000169. The van der Waals surface area contributed by atoms with Crippen molar-refractivity contribution in [2.75, 3.05) is 0 Å². The minimum atomic E-state index is -0.112. The van der Waals surface area contributed by atoms with Gasteiger partial charge in [0.2, 0.25) is 0 Å². The number of hydrogen-bond acceptors (Lipinski definition) is 1. The Kier molecular flexibility index (Phi) is 3.82. The van der Waals surface area contributed by atoms with Crippen LogP contribution in [0, 0.1) is 19.1 Å². The molecule has 1 radical (unpaired) electrons. The molecule has 1 aliphatic carbocycles. The summed E-state index contributed by atoms with van der Waals surface area (Å²) in [6.45, 7) is 10.9. The number of aromatic nitrogens is 1. The molecule has 0 aliphatic heterocycles. The molecular formula is C21H21IrNO-2. The molecule has 0 saturated carbocycles. The SMILES string of the molecule is Cc1c[c-]c2c(ccn3c4c(c(=O)[c-]c23)C(C)(C)CC4(C)C)c1.[Ir]. The summed E-state index contributed by atoms with van der Waals surface area (Å²) in [6.07, 6.45) is 3.06. The second kappa shape index (κ2) is 5.28. The van der Waals surface area contributed by atoms with Crippen LogP contribution in [-0.4, -0.2) is 4.40 Å². The summed E-state index contributed by atoms with van der Waals surface area (Å²) in [5, 5.41) is 2.08. The van der Waals surface area contributed by atoms with E-state index in [1.54, 1.807) is 0 Å². The molecule has 2 heterocycles. The van der Waals surface area contributed by atoms with Crippen molar-refractivity contribution in [3.05, 3.63) is 63.6 Å². The Labute approximate surface area is 156 Å². The monoisotopic (exact) mass is 496 g/mol. The van der Waals surface area contributed by atoms with Crippen molar-refractivity contribution in [2.45, 2.75) is 51.9 Å². The third-order valence-corrected chi connectivity index (χ3v) is 5.14. The van der Waals surface area contributed by atoms with Crippen LogP contribution in [-0.2, 0) is 30.9 Å². The van der Waals surface area contributed by atoms with E-state index in [2.05, 4.69) is 69.5 Å². The van der Waals surface area contributed by atoms with Crippen LogP contribution in [0.4, 0.5) is 0 Å². The van der Waals surface area contributed by atoms with E-state index in [4.69, 9.17) is 0 Å². The largest absolute Gasteiger partial charge is 0.395 e. The van der Waals surface area contributed by atoms with Crippen LogP contribution in [0.25, 0.3) is 16.3 Å². The van der Waals surface area contributed by atoms with Crippen LogP contribution < -0.4 is 5.43 Å². The summed E-state index contributed by atoms with van der Waals surface area (Å²) in [4.78, 5) is 12.9. The minimum absolute atomic E-state index is 0. The molecule has 0 saturated heterocycles. The molecule has 0 unspecified atom stereocenters. The molecule has 2 aromatic heterocycles. The van der Waals surface area contributed by atoms with Crippen LogP contribution >= 0.6 is 0 Å². The second-order valence-corrected chi connectivity index (χ2v) is 8.16. The van der Waals surface area contributed by atoms with Crippen molar-refractivity contribution in [3.63, 3.8) is 0 Å². The Hall–Kier alpha value is -1.44.